The molecule has 0 saturated heterocycles. The lowest BCUT2D eigenvalue weighted by Crippen LogP contribution is -2.33. The van der Waals surface area contributed by atoms with Crippen LogP contribution in [0.2, 0.25) is 0 Å². The standard InChI is InChI=1S/C23H27N5O9P2S/c1-15(38(32)27-31)21(29)36-13-11-28(12-14-37-22(30)16(2)39(33,34)35)18-9-7-17(8-10-18)25-26-23-24-19-5-3-4-6-20(19)40-23/h3-10,15-16,38H,11-14H2,1-2H3,(H2,33,34,35)/b26-25+. The van der Waals surface area contributed by atoms with Crippen molar-refractivity contribution < 1.29 is 38.0 Å². The van der Waals surface area contributed by atoms with Gasteiger partial charge in [-0.1, -0.05) is 23.5 Å². The number of ether oxygens (including phenoxy) is 2. The largest absolute Gasteiger partial charge is 0.463 e. The highest BCUT2D eigenvalue weighted by Gasteiger charge is 2.32. The van der Waals surface area contributed by atoms with Crippen LogP contribution >= 0.6 is 26.9 Å². The molecule has 14 nitrogen and oxygen atoms in total. The van der Waals surface area contributed by atoms with Crippen molar-refractivity contribution in [1.29, 1.82) is 0 Å². The first-order valence-corrected chi connectivity index (χ1v) is 15.8. The summed E-state index contributed by atoms with van der Waals surface area (Å²) in [6, 6.07) is 14.4. The molecule has 2 aromatic carbocycles. The first-order chi connectivity index (χ1) is 19.0. The number of hydrogen-bond donors (Lipinski definition) is 2. The molecule has 1 aromatic heterocycles. The molecule has 0 aliphatic carbocycles. The summed E-state index contributed by atoms with van der Waals surface area (Å²) in [5, 5.41) is 8.90. The van der Waals surface area contributed by atoms with E-state index in [1.807, 2.05) is 24.3 Å². The van der Waals surface area contributed by atoms with Crippen LogP contribution in [0.3, 0.4) is 0 Å². The summed E-state index contributed by atoms with van der Waals surface area (Å²) in [6.45, 7) is 2.20. The first-order valence-electron chi connectivity index (χ1n) is 11.9. The van der Waals surface area contributed by atoms with Crippen molar-refractivity contribution in [2.45, 2.75) is 25.2 Å². The minimum absolute atomic E-state index is 0.0891. The molecule has 0 saturated carbocycles. The molecule has 0 radical (unpaired) electrons. The van der Waals surface area contributed by atoms with E-state index in [-0.39, 0.29) is 26.3 Å². The zero-order valence-electron chi connectivity index (χ0n) is 21.4. The van der Waals surface area contributed by atoms with Crippen LogP contribution in [0.4, 0.5) is 16.5 Å². The van der Waals surface area contributed by atoms with Crippen LogP contribution in [-0.2, 0) is 28.2 Å². The zero-order chi connectivity index (χ0) is 29.3. The number of carbonyl (C=O) groups is 2. The molecule has 0 aliphatic rings. The van der Waals surface area contributed by atoms with Crippen LogP contribution in [0.25, 0.3) is 10.2 Å². The van der Waals surface area contributed by atoms with Gasteiger partial charge in [0.25, 0.3) is 0 Å². The van der Waals surface area contributed by atoms with Crippen LogP contribution < -0.4 is 4.90 Å². The Kier molecular flexibility index (Phi) is 11.2. The van der Waals surface area contributed by atoms with E-state index in [2.05, 4.69) is 20.2 Å². The molecule has 2 N–H and O–H groups in total. The maximum Gasteiger partial charge on any atom is 0.339 e. The second-order valence-corrected chi connectivity index (χ2v) is 13.1. The number of anilines is 1. The Morgan fingerprint density at radius 2 is 1.65 bits per heavy atom. The third-order valence-electron chi connectivity index (χ3n) is 5.62. The van der Waals surface area contributed by atoms with E-state index >= 15 is 0 Å². The number of thiazole rings is 1. The highest BCUT2D eigenvalue weighted by atomic mass is 32.1. The van der Waals surface area contributed by atoms with Gasteiger partial charge in [0.15, 0.2) is 5.66 Å². The van der Waals surface area contributed by atoms with E-state index in [4.69, 9.17) is 9.47 Å². The number of esters is 2. The summed E-state index contributed by atoms with van der Waals surface area (Å²) < 4.78 is 33.9. The molecule has 17 heteroatoms. The van der Waals surface area contributed by atoms with Crippen molar-refractivity contribution in [1.82, 2.24) is 4.98 Å². The van der Waals surface area contributed by atoms with E-state index in [0.29, 0.717) is 16.5 Å². The predicted molar refractivity (Wildman–Crippen MR) is 150 cm³/mol. The summed E-state index contributed by atoms with van der Waals surface area (Å²) in [6.07, 6.45) is 0. The lowest BCUT2D eigenvalue weighted by Gasteiger charge is -2.25. The smallest absolute Gasteiger partial charge is 0.339 e. The number of rotatable bonds is 14. The van der Waals surface area contributed by atoms with Gasteiger partial charge in [0, 0.05) is 5.69 Å². The molecule has 0 aliphatic heterocycles. The van der Waals surface area contributed by atoms with Crippen LogP contribution in [0.1, 0.15) is 13.8 Å². The Balaban J connectivity index is 1.67. The molecular weight excluding hydrogens is 584 g/mol. The molecule has 40 heavy (non-hydrogen) atoms. The van der Waals surface area contributed by atoms with E-state index < -0.39 is 38.8 Å². The van der Waals surface area contributed by atoms with Gasteiger partial charge >= 0.3 is 19.5 Å². The molecule has 3 aromatic rings. The lowest BCUT2D eigenvalue weighted by atomic mass is 10.2. The maximum absolute atomic E-state index is 12.0. The number of aromatic nitrogens is 1. The molecule has 0 spiro atoms. The van der Waals surface area contributed by atoms with Crippen LogP contribution in [0, 0.1) is 4.91 Å². The van der Waals surface area contributed by atoms with Crippen molar-refractivity contribution >= 4 is 65.5 Å². The fraction of sp³-hybridized carbons (Fsp3) is 0.348. The average Bonchev–Trinajstić information content (AvgIpc) is 3.36. The molecule has 214 valence electrons. The SMILES string of the molecule is CC(C(=O)OCCN(CCOC(=O)C(C)P(=O)(O)O)c1ccc(/N=N/c2nc3ccccc3s2)cc1)[PH](=O)N=O. The predicted octanol–water partition coefficient (Wildman–Crippen LogP) is 4.80. The van der Waals surface area contributed by atoms with Gasteiger partial charge in [0.05, 0.1) is 29.0 Å². The lowest BCUT2D eigenvalue weighted by molar-refractivity contribution is -0.143. The Labute approximate surface area is 233 Å². The number of para-hydroxylation sites is 1. The second-order valence-electron chi connectivity index (χ2n) is 8.42. The van der Waals surface area contributed by atoms with Crippen molar-refractivity contribution in [2.75, 3.05) is 31.2 Å². The number of hydrogen-bond acceptors (Lipinski definition) is 12. The number of benzene rings is 2. The molecular formula is C23H27N5O9P2S. The summed E-state index contributed by atoms with van der Waals surface area (Å²) in [5.41, 5.74) is -0.778. The third-order valence-corrected chi connectivity index (χ3v) is 8.92. The number of fused-ring (bicyclic) bond motifs is 1. The van der Waals surface area contributed by atoms with Crippen LogP contribution in [0.5, 0.6) is 0 Å². The highest BCUT2D eigenvalue weighted by molar-refractivity contribution is 7.53. The Hall–Kier alpha value is -3.35. The zero-order valence-corrected chi connectivity index (χ0v) is 24.2. The highest BCUT2D eigenvalue weighted by Crippen LogP contribution is 2.41. The number of azo groups is 1. The van der Waals surface area contributed by atoms with Gasteiger partial charge < -0.3 is 24.2 Å². The molecule has 0 amide bonds. The Bertz CT molecular complexity index is 1410. The number of carbonyl (C=O) groups excluding carboxylic acids is 2. The minimum atomic E-state index is -4.65. The quantitative estimate of drug-likeness (QED) is 0.110. The number of nitrogens with zero attached hydrogens (tertiary/aromatic N) is 5. The van der Waals surface area contributed by atoms with Gasteiger partial charge in [-0.15, -0.1) is 15.1 Å². The number of nitroso groups, excluding NO2 is 1. The molecule has 0 fully saturated rings. The topological polar surface area (TPSA) is 197 Å². The van der Waals surface area contributed by atoms with E-state index in [1.54, 1.807) is 29.2 Å². The van der Waals surface area contributed by atoms with Crippen molar-refractivity contribution in [3.63, 3.8) is 0 Å². The maximum atomic E-state index is 12.0. The van der Waals surface area contributed by atoms with Gasteiger partial charge in [0.1, 0.15) is 18.9 Å². The first kappa shape index (κ1) is 31.2. The van der Waals surface area contributed by atoms with Crippen molar-refractivity contribution in [3.8, 4) is 0 Å². The summed E-state index contributed by atoms with van der Waals surface area (Å²) in [4.78, 5) is 61.3. The fourth-order valence-electron chi connectivity index (χ4n) is 3.18. The molecule has 3 unspecified atom stereocenters. The second kappa shape index (κ2) is 14.3. The van der Waals surface area contributed by atoms with Crippen LogP contribution in [-0.4, -0.2) is 64.3 Å². The van der Waals surface area contributed by atoms with Gasteiger partial charge in [-0.25, -0.2) is 4.98 Å². The van der Waals surface area contributed by atoms with Gasteiger partial charge in [-0.3, -0.25) is 18.7 Å². The van der Waals surface area contributed by atoms with E-state index in [1.165, 1.54) is 18.3 Å². The van der Waals surface area contributed by atoms with E-state index in [9.17, 15) is 33.4 Å². The Morgan fingerprint density at radius 3 is 2.25 bits per heavy atom. The fourth-order valence-corrected chi connectivity index (χ4v) is 4.76. The minimum Gasteiger partial charge on any atom is -0.463 e. The van der Waals surface area contributed by atoms with Gasteiger partial charge in [-0.05, 0) is 55.2 Å². The normalized spacial score (nSPS) is 14.0. The molecule has 3 atom stereocenters. The monoisotopic (exact) mass is 611 g/mol. The van der Waals surface area contributed by atoms with Crippen LogP contribution in [0.15, 0.2) is 63.7 Å². The summed E-state index contributed by atoms with van der Waals surface area (Å²) >= 11 is 1.40. The van der Waals surface area contributed by atoms with Crippen molar-refractivity contribution in [2.24, 2.45) is 15.2 Å². The molecule has 0 bridgehead atoms. The van der Waals surface area contributed by atoms with Gasteiger partial charge in [0.2, 0.25) is 13.1 Å². The molecule has 1 heterocycles. The van der Waals surface area contributed by atoms with Gasteiger partial charge in [-0.2, -0.15) is 0 Å². The molecule has 3 rings (SSSR count). The van der Waals surface area contributed by atoms with E-state index in [0.717, 1.165) is 17.1 Å². The average molecular weight is 612 g/mol. The summed E-state index contributed by atoms with van der Waals surface area (Å²) in [7, 11) is -7.65. The van der Waals surface area contributed by atoms with Crippen molar-refractivity contribution in [3.05, 3.63) is 53.4 Å². The Morgan fingerprint density at radius 1 is 1.02 bits per heavy atom. The third kappa shape index (κ3) is 8.83. The summed E-state index contributed by atoms with van der Waals surface area (Å²) in [5.74, 6) is -1.89.